The highest BCUT2D eigenvalue weighted by molar-refractivity contribution is 6.32. The molecule has 1 heterocycles. The van der Waals surface area contributed by atoms with E-state index in [4.69, 9.17) is 11.6 Å². The molecule has 142 valence electrons. The highest BCUT2D eigenvalue weighted by Gasteiger charge is 2.54. The van der Waals surface area contributed by atoms with Gasteiger partial charge in [-0.1, -0.05) is 11.6 Å². The molecule has 26 heavy (non-hydrogen) atoms. The summed E-state index contributed by atoms with van der Waals surface area (Å²) in [6.07, 6.45) is 2.50. The Kier molecular flexibility index (Phi) is 4.09. The third-order valence-electron chi connectivity index (χ3n) is 6.16. The van der Waals surface area contributed by atoms with Crippen molar-refractivity contribution in [1.29, 1.82) is 0 Å². The van der Waals surface area contributed by atoms with Crippen molar-refractivity contribution in [3.05, 3.63) is 16.4 Å². The monoisotopic (exact) mass is 388 g/mol. The van der Waals surface area contributed by atoms with Gasteiger partial charge in [-0.2, -0.15) is 23.4 Å². The number of carbonyl (C=O) groups excluding carboxylic acids is 1. The lowest BCUT2D eigenvalue weighted by molar-refractivity contribution is -0.146. The molecule has 4 aliphatic carbocycles. The number of rotatable bonds is 3. The molecule has 0 aromatic carbocycles. The molecular weight excluding hydrogens is 369 g/mol. The fourth-order valence-electron chi connectivity index (χ4n) is 5.51. The smallest absolute Gasteiger partial charge is 0.273 e. The number of hydrogen-bond donors (Lipinski definition) is 1. The van der Waals surface area contributed by atoms with Gasteiger partial charge in [0.15, 0.2) is 5.69 Å². The Morgan fingerprint density at radius 1 is 1.27 bits per heavy atom. The Morgan fingerprint density at radius 3 is 2.31 bits per heavy atom. The van der Waals surface area contributed by atoms with Crippen molar-refractivity contribution in [3.63, 3.8) is 0 Å². The Labute approximate surface area is 154 Å². The number of halogens is 4. The first-order chi connectivity index (χ1) is 12.2. The summed E-state index contributed by atoms with van der Waals surface area (Å²) in [6, 6.07) is 0. The van der Waals surface area contributed by atoms with E-state index in [0.29, 0.717) is 17.8 Å². The minimum absolute atomic E-state index is 0.176. The van der Waals surface area contributed by atoms with Crippen molar-refractivity contribution >= 4 is 23.7 Å². The molecule has 9 heteroatoms. The maximum atomic E-state index is 13.0. The predicted molar refractivity (Wildman–Crippen MR) is 89.6 cm³/mol. The zero-order valence-electron chi connectivity index (χ0n) is 14.3. The van der Waals surface area contributed by atoms with Crippen LogP contribution in [0.1, 0.15) is 49.8 Å². The number of carbonyl (C=O) groups is 1. The predicted octanol–water partition coefficient (Wildman–Crippen LogP) is 3.76. The van der Waals surface area contributed by atoms with Crippen molar-refractivity contribution in [2.24, 2.45) is 35.3 Å². The Bertz CT molecular complexity index is 736. The summed E-state index contributed by atoms with van der Waals surface area (Å²) >= 11 is 5.89. The molecule has 1 amide bonds. The Balaban J connectivity index is 1.51. The summed E-state index contributed by atoms with van der Waals surface area (Å²) in [4.78, 5) is 12.8. The summed E-state index contributed by atoms with van der Waals surface area (Å²) in [5.41, 5.74) is 0.612. The molecule has 0 spiro atoms. The zero-order valence-corrected chi connectivity index (χ0v) is 15.1. The third-order valence-corrected chi connectivity index (χ3v) is 6.61. The van der Waals surface area contributed by atoms with Gasteiger partial charge >= 0.3 is 6.18 Å². The number of alkyl halides is 3. The number of nitrogens with zero attached hydrogens (tertiary/aromatic N) is 3. The maximum absolute atomic E-state index is 13.0. The standard InChI is InChI=1S/C17H20ClF3N4O/c1-25-14(18)12(13(24-25)17(19,20)21)8-22-23-15(26)16-5-9-2-10(6-16)4-11(3-9)7-16/h8-11H,2-7H2,1H3,(H,23,26)/b22-8+. The molecule has 4 saturated carbocycles. The van der Waals surface area contributed by atoms with E-state index in [2.05, 4.69) is 15.6 Å². The van der Waals surface area contributed by atoms with Crippen LogP contribution in [0.25, 0.3) is 0 Å². The van der Waals surface area contributed by atoms with Gasteiger partial charge < -0.3 is 0 Å². The van der Waals surface area contributed by atoms with E-state index in [1.54, 1.807) is 0 Å². The van der Waals surface area contributed by atoms with Gasteiger partial charge in [-0.15, -0.1) is 0 Å². The second-order valence-electron chi connectivity index (χ2n) is 8.07. The van der Waals surface area contributed by atoms with Gasteiger partial charge in [0, 0.05) is 7.05 Å². The topological polar surface area (TPSA) is 59.3 Å². The maximum Gasteiger partial charge on any atom is 0.435 e. The van der Waals surface area contributed by atoms with E-state index in [-0.39, 0.29) is 16.6 Å². The van der Waals surface area contributed by atoms with Gasteiger partial charge in [0.25, 0.3) is 0 Å². The van der Waals surface area contributed by atoms with Gasteiger partial charge in [-0.3, -0.25) is 9.48 Å². The van der Waals surface area contributed by atoms with Gasteiger partial charge in [0.05, 0.1) is 17.2 Å². The molecule has 4 bridgehead atoms. The van der Waals surface area contributed by atoms with Crippen molar-refractivity contribution in [1.82, 2.24) is 15.2 Å². The van der Waals surface area contributed by atoms with Crippen LogP contribution in [-0.4, -0.2) is 21.9 Å². The summed E-state index contributed by atoms with van der Waals surface area (Å²) < 4.78 is 40.1. The summed E-state index contributed by atoms with van der Waals surface area (Å²) in [7, 11) is 1.32. The molecule has 4 fully saturated rings. The molecule has 0 atom stereocenters. The molecule has 4 aliphatic rings. The lowest BCUT2D eigenvalue weighted by Crippen LogP contribution is -2.52. The highest BCUT2D eigenvalue weighted by atomic mass is 35.5. The van der Waals surface area contributed by atoms with E-state index in [0.717, 1.165) is 30.2 Å². The number of aryl methyl sites for hydroxylation is 1. The summed E-state index contributed by atoms with van der Waals surface area (Å²) in [5, 5.41) is 7.00. The van der Waals surface area contributed by atoms with E-state index in [1.807, 2.05) is 0 Å². The minimum atomic E-state index is -4.64. The van der Waals surface area contributed by atoms with Crippen LogP contribution in [0.5, 0.6) is 0 Å². The molecule has 1 N–H and O–H groups in total. The fraction of sp³-hybridized carbons (Fsp3) is 0.706. The van der Waals surface area contributed by atoms with Crippen LogP contribution in [0.2, 0.25) is 5.15 Å². The normalized spacial score (nSPS) is 33.2. The molecule has 0 saturated heterocycles. The molecule has 1 aromatic rings. The van der Waals surface area contributed by atoms with E-state index >= 15 is 0 Å². The van der Waals surface area contributed by atoms with Crippen molar-refractivity contribution in [2.75, 3.05) is 0 Å². The first-order valence-corrected chi connectivity index (χ1v) is 9.19. The van der Waals surface area contributed by atoms with Crippen LogP contribution >= 0.6 is 11.6 Å². The number of amides is 1. The average molecular weight is 389 g/mol. The van der Waals surface area contributed by atoms with Crippen molar-refractivity contribution < 1.29 is 18.0 Å². The number of hydrogen-bond acceptors (Lipinski definition) is 3. The highest BCUT2D eigenvalue weighted by Crippen LogP contribution is 2.60. The van der Waals surface area contributed by atoms with Gasteiger partial charge in [0.1, 0.15) is 5.15 Å². The Hall–Kier alpha value is -1.57. The number of nitrogens with one attached hydrogen (secondary N) is 1. The SMILES string of the molecule is Cn1nc(C(F)(F)F)c(/C=N/NC(=O)C23CC4CC(CC(C4)C2)C3)c1Cl. The van der Waals surface area contributed by atoms with Gasteiger partial charge in [0.2, 0.25) is 5.91 Å². The first-order valence-electron chi connectivity index (χ1n) is 8.81. The fourth-order valence-corrected chi connectivity index (χ4v) is 5.68. The lowest BCUT2D eigenvalue weighted by Gasteiger charge is -2.55. The van der Waals surface area contributed by atoms with Crippen LogP contribution in [-0.2, 0) is 18.0 Å². The van der Waals surface area contributed by atoms with E-state index in [1.165, 1.54) is 26.3 Å². The molecule has 0 aliphatic heterocycles. The van der Waals surface area contributed by atoms with Crippen LogP contribution in [0.3, 0.4) is 0 Å². The minimum Gasteiger partial charge on any atom is -0.273 e. The summed E-state index contributed by atoms with van der Waals surface area (Å²) in [5.74, 6) is 1.61. The van der Waals surface area contributed by atoms with E-state index in [9.17, 15) is 18.0 Å². The van der Waals surface area contributed by atoms with Crippen LogP contribution in [0.15, 0.2) is 5.10 Å². The van der Waals surface area contributed by atoms with Crippen LogP contribution in [0.4, 0.5) is 13.2 Å². The van der Waals surface area contributed by atoms with E-state index < -0.39 is 17.3 Å². The molecule has 5 rings (SSSR count). The quantitative estimate of drug-likeness (QED) is 0.633. The Morgan fingerprint density at radius 2 is 1.81 bits per heavy atom. The molecule has 0 unspecified atom stereocenters. The number of hydrazone groups is 1. The van der Waals surface area contributed by atoms with Crippen molar-refractivity contribution in [3.8, 4) is 0 Å². The van der Waals surface area contributed by atoms with Gasteiger partial charge in [-0.05, 0) is 56.3 Å². The molecule has 5 nitrogen and oxygen atoms in total. The third kappa shape index (κ3) is 2.92. The average Bonchev–Trinajstić information content (AvgIpc) is 2.82. The zero-order chi connectivity index (χ0) is 18.7. The van der Waals surface area contributed by atoms with Crippen molar-refractivity contribution in [2.45, 2.75) is 44.7 Å². The van der Waals surface area contributed by atoms with Gasteiger partial charge in [-0.25, -0.2) is 5.43 Å². The molecule has 1 aromatic heterocycles. The first kappa shape index (κ1) is 17.8. The largest absolute Gasteiger partial charge is 0.435 e. The lowest BCUT2D eigenvalue weighted by atomic mass is 9.49. The second kappa shape index (κ2) is 5.97. The summed E-state index contributed by atoms with van der Waals surface area (Å²) in [6.45, 7) is 0. The molecule has 0 radical (unpaired) electrons. The molecular formula is C17H20ClF3N4O. The van der Waals surface area contributed by atoms with Crippen LogP contribution in [0, 0.1) is 23.2 Å². The number of aromatic nitrogens is 2. The van der Waals surface area contributed by atoms with Crippen LogP contribution < -0.4 is 5.43 Å². The second-order valence-corrected chi connectivity index (χ2v) is 8.43.